The molecule has 0 aliphatic carbocycles. The Balaban J connectivity index is 2.38. The van der Waals surface area contributed by atoms with E-state index in [0.717, 1.165) is 10.9 Å². The first-order valence-electron chi connectivity index (χ1n) is 5.02. The van der Waals surface area contributed by atoms with Gasteiger partial charge >= 0.3 is 0 Å². The molecule has 1 heterocycles. The van der Waals surface area contributed by atoms with Gasteiger partial charge in [0.05, 0.1) is 5.52 Å². The number of amides is 1. The highest BCUT2D eigenvalue weighted by Crippen LogP contribution is 2.17. The van der Waals surface area contributed by atoms with E-state index in [0.29, 0.717) is 0 Å². The molecule has 0 N–H and O–H groups in total. The minimum Gasteiger partial charge on any atom is -0.347 e. The molecular formula is C12H13FN2O. The summed E-state index contributed by atoms with van der Waals surface area (Å²) in [7, 11) is 3.41. The van der Waals surface area contributed by atoms with Crippen LogP contribution < -0.4 is 0 Å². The van der Waals surface area contributed by atoms with Gasteiger partial charge in [0.1, 0.15) is 12.4 Å². The summed E-state index contributed by atoms with van der Waals surface area (Å²) < 4.78 is 14.8. The lowest BCUT2D eigenvalue weighted by atomic mass is 10.2. The quantitative estimate of drug-likeness (QED) is 0.758. The number of likely N-dealkylation sites (N-methyl/N-ethyl adjacent to an activating group) is 1. The molecule has 0 saturated heterocycles. The molecule has 1 aromatic heterocycles. The second-order valence-corrected chi connectivity index (χ2v) is 3.93. The summed E-state index contributed by atoms with van der Waals surface area (Å²) in [5.74, 6) is -0.300. The number of benzene rings is 1. The van der Waals surface area contributed by atoms with E-state index in [2.05, 4.69) is 0 Å². The lowest BCUT2D eigenvalue weighted by Crippen LogP contribution is -2.25. The van der Waals surface area contributed by atoms with Crippen LogP contribution in [0.25, 0.3) is 10.9 Å². The lowest BCUT2D eigenvalue weighted by molar-refractivity contribution is -0.129. The number of aromatic nitrogens is 1. The first-order valence-corrected chi connectivity index (χ1v) is 5.02. The summed E-state index contributed by atoms with van der Waals surface area (Å²) in [5, 5.41) is 0.938. The molecule has 3 nitrogen and oxygen atoms in total. The van der Waals surface area contributed by atoms with Crippen LogP contribution in [0.1, 0.15) is 0 Å². The predicted molar refractivity (Wildman–Crippen MR) is 60.6 cm³/mol. The largest absolute Gasteiger partial charge is 0.347 e. The van der Waals surface area contributed by atoms with Crippen LogP contribution in [0.2, 0.25) is 0 Å². The highest BCUT2D eigenvalue weighted by atomic mass is 19.1. The minimum absolute atomic E-state index is 0.0123. The number of carbonyl (C=O) groups excluding carboxylic acids is 1. The van der Waals surface area contributed by atoms with E-state index >= 15 is 0 Å². The number of hydrogen-bond acceptors (Lipinski definition) is 1. The second kappa shape index (κ2) is 3.96. The molecule has 0 saturated carbocycles. The van der Waals surface area contributed by atoms with Crippen molar-refractivity contribution in [2.24, 2.45) is 0 Å². The molecule has 0 aliphatic rings. The first-order chi connectivity index (χ1) is 7.58. The Morgan fingerprint density at radius 1 is 1.38 bits per heavy atom. The Hall–Kier alpha value is -1.84. The van der Waals surface area contributed by atoms with E-state index in [4.69, 9.17) is 0 Å². The summed E-state index contributed by atoms with van der Waals surface area (Å²) in [6, 6.07) is 6.44. The Morgan fingerprint density at radius 3 is 2.81 bits per heavy atom. The number of hydrogen-bond donors (Lipinski definition) is 0. The lowest BCUT2D eigenvalue weighted by Gasteiger charge is -2.11. The zero-order chi connectivity index (χ0) is 11.7. The fourth-order valence-corrected chi connectivity index (χ4v) is 1.58. The molecular weight excluding hydrogens is 207 g/mol. The molecule has 2 rings (SSSR count). The zero-order valence-electron chi connectivity index (χ0n) is 9.27. The Morgan fingerprint density at radius 2 is 2.12 bits per heavy atom. The molecule has 4 heteroatoms. The average Bonchev–Trinajstić information content (AvgIpc) is 2.61. The minimum atomic E-state index is -0.287. The summed E-state index contributed by atoms with van der Waals surface area (Å²) in [4.78, 5) is 13.1. The molecule has 0 atom stereocenters. The van der Waals surface area contributed by atoms with Crippen molar-refractivity contribution in [3.63, 3.8) is 0 Å². The van der Waals surface area contributed by atoms with Crippen LogP contribution in [0.4, 0.5) is 4.39 Å². The molecule has 0 spiro atoms. The maximum atomic E-state index is 13.1. The van der Waals surface area contributed by atoms with Crippen molar-refractivity contribution in [1.82, 2.24) is 9.47 Å². The van der Waals surface area contributed by atoms with Gasteiger partial charge in [0, 0.05) is 20.3 Å². The fraction of sp³-hybridized carbons (Fsp3) is 0.250. The molecule has 16 heavy (non-hydrogen) atoms. The molecule has 0 unspecified atom stereocenters. The van der Waals surface area contributed by atoms with Gasteiger partial charge in [-0.2, -0.15) is 0 Å². The van der Waals surface area contributed by atoms with Gasteiger partial charge in [0.25, 0.3) is 0 Å². The van der Waals surface area contributed by atoms with Gasteiger partial charge in [-0.1, -0.05) is 0 Å². The molecule has 1 amide bonds. The Kier molecular flexibility index (Phi) is 2.64. The predicted octanol–water partition coefficient (Wildman–Crippen LogP) is 1.87. The van der Waals surface area contributed by atoms with Crippen LogP contribution in [0.3, 0.4) is 0 Å². The number of nitrogens with zero attached hydrogens (tertiary/aromatic N) is 2. The normalized spacial score (nSPS) is 10.7. The molecule has 0 bridgehead atoms. The maximum Gasteiger partial charge on any atom is 0.241 e. The van der Waals surface area contributed by atoms with Gasteiger partial charge in [-0.15, -0.1) is 0 Å². The third-order valence-electron chi connectivity index (χ3n) is 2.54. The SMILES string of the molecule is CN(C)C(=O)Cn1ccc2ccc(F)cc21. The van der Waals surface area contributed by atoms with Crippen LogP contribution >= 0.6 is 0 Å². The second-order valence-electron chi connectivity index (χ2n) is 3.93. The summed E-state index contributed by atoms with van der Waals surface area (Å²) in [6.45, 7) is 0.236. The van der Waals surface area contributed by atoms with Gasteiger partial charge in [-0.3, -0.25) is 4.79 Å². The van der Waals surface area contributed by atoms with Gasteiger partial charge in [-0.25, -0.2) is 4.39 Å². The molecule has 84 valence electrons. The van der Waals surface area contributed by atoms with E-state index < -0.39 is 0 Å². The average molecular weight is 220 g/mol. The van der Waals surface area contributed by atoms with Crippen LogP contribution in [0.5, 0.6) is 0 Å². The van der Waals surface area contributed by atoms with Crippen LogP contribution in [0.15, 0.2) is 30.5 Å². The summed E-state index contributed by atoms with van der Waals surface area (Å²) >= 11 is 0. The molecule has 0 radical (unpaired) electrons. The number of carbonyl (C=O) groups is 1. The van der Waals surface area contributed by atoms with Crippen molar-refractivity contribution < 1.29 is 9.18 Å². The van der Waals surface area contributed by atoms with E-state index in [-0.39, 0.29) is 18.3 Å². The van der Waals surface area contributed by atoms with Crippen molar-refractivity contribution in [1.29, 1.82) is 0 Å². The van der Waals surface area contributed by atoms with Crippen LogP contribution in [-0.2, 0) is 11.3 Å². The van der Waals surface area contributed by atoms with Crippen molar-refractivity contribution in [3.8, 4) is 0 Å². The molecule has 0 fully saturated rings. The van der Waals surface area contributed by atoms with Crippen molar-refractivity contribution >= 4 is 16.8 Å². The third-order valence-corrected chi connectivity index (χ3v) is 2.54. The van der Waals surface area contributed by atoms with Crippen molar-refractivity contribution in [3.05, 3.63) is 36.3 Å². The monoisotopic (exact) mass is 220 g/mol. The van der Waals surface area contributed by atoms with Crippen molar-refractivity contribution in [2.75, 3.05) is 14.1 Å². The van der Waals surface area contributed by atoms with Crippen LogP contribution in [0, 0.1) is 5.82 Å². The van der Waals surface area contributed by atoms with E-state index in [1.54, 1.807) is 30.9 Å². The van der Waals surface area contributed by atoms with Gasteiger partial charge in [-0.05, 0) is 29.7 Å². The van der Waals surface area contributed by atoms with Gasteiger partial charge < -0.3 is 9.47 Å². The Bertz CT molecular complexity index is 531. The topological polar surface area (TPSA) is 25.2 Å². The molecule has 0 aliphatic heterocycles. The Labute approximate surface area is 93.1 Å². The number of fused-ring (bicyclic) bond motifs is 1. The van der Waals surface area contributed by atoms with Gasteiger partial charge in [0.2, 0.25) is 5.91 Å². The van der Waals surface area contributed by atoms with E-state index in [1.165, 1.54) is 17.0 Å². The molecule has 2 aromatic rings. The van der Waals surface area contributed by atoms with Crippen LogP contribution in [-0.4, -0.2) is 29.5 Å². The summed E-state index contributed by atoms with van der Waals surface area (Å²) in [5.41, 5.74) is 0.746. The third kappa shape index (κ3) is 1.91. The first kappa shape index (κ1) is 10.7. The number of halogens is 1. The van der Waals surface area contributed by atoms with E-state index in [1.807, 2.05) is 6.07 Å². The van der Waals surface area contributed by atoms with E-state index in [9.17, 15) is 9.18 Å². The smallest absolute Gasteiger partial charge is 0.241 e. The highest BCUT2D eigenvalue weighted by Gasteiger charge is 2.08. The number of rotatable bonds is 2. The standard InChI is InChI=1S/C12H13FN2O/c1-14(2)12(16)8-15-6-5-9-3-4-10(13)7-11(9)15/h3-7H,8H2,1-2H3. The highest BCUT2D eigenvalue weighted by molar-refractivity contribution is 5.83. The zero-order valence-corrected chi connectivity index (χ0v) is 9.27. The van der Waals surface area contributed by atoms with Gasteiger partial charge in [0.15, 0.2) is 0 Å². The van der Waals surface area contributed by atoms with Crippen molar-refractivity contribution in [2.45, 2.75) is 6.54 Å². The summed E-state index contributed by atoms with van der Waals surface area (Å²) in [6.07, 6.45) is 1.80. The molecule has 1 aromatic carbocycles. The fourth-order valence-electron chi connectivity index (χ4n) is 1.58. The maximum absolute atomic E-state index is 13.1.